The van der Waals surface area contributed by atoms with Crippen molar-refractivity contribution in [3.05, 3.63) is 0 Å². The van der Waals surface area contributed by atoms with E-state index in [2.05, 4.69) is 24.5 Å². The third kappa shape index (κ3) is 4.46. The van der Waals surface area contributed by atoms with Gasteiger partial charge in [-0.05, 0) is 57.5 Å². The van der Waals surface area contributed by atoms with Crippen molar-refractivity contribution >= 4 is 5.91 Å². The van der Waals surface area contributed by atoms with Crippen LogP contribution in [0.2, 0.25) is 0 Å². The van der Waals surface area contributed by atoms with Gasteiger partial charge in [0.1, 0.15) is 0 Å². The van der Waals surface area contributed by atoms with Crippen molar-refractivity contribution in [1.82, 2.24) is 10.6 Å². The minimum absolute atomic E-state index is 0.145. The molecule has 2 N–H and O–H groups in total. The van der Waals surface area contributed by atoms with Crippen LogP contribution in [0.3, 0.4) is 0 Å². The van der Waals surface area contributed by atoms with E-state index in [9.17, 15) is 4.79 Å². The molecule has 0 saturated carbocycles. The van der Waals surface area contributed by atoms with Gasteiger partial charge in [-0.15, -0.1) is 0 Å². The minimum atomic E-state index is 0.145. The Morgan fingerprint density at radius 2 is 2.21 bits per heavy atom. The fourth-order valence-electron chi connectivity index (χ4n) is 3.23. The lowest BCUT2D eigenvalue weighted by Gasteiger charge is -2.28. The molecule has 2 rings (SSSR count). The fraction of sp³-hybridized carbons (Fsp3) is 0.933. The van der Waals surface area contributed by atoms with Gasteiger partial charge in [-0.3, -0.25) is 4.79 Å². The summed E-state index contributed by atoms with van der Waals surface area (Å²) in [6.45, 7) is 7.30. The molecule has 0 aromatic carbocycles. The molecule has 19 heavy (non-hydrogen) atoms. The molecule has 0 bridgehead atoms. The van der Waals surface area contributed by atoms with E-state index in [1.165, 1.54) is 12.8 Å². The second kappa shape index (κ2) is 7.25. The molecule has 4 nitrogen and oxygen atoms in total. The second-order valence-corrected chi connectivity index (χ2v) is 6.20. The lowest BCUT2D eigenvalue weighted by molar-refractivity contribution is -0.123. The summed E-state index contributed by atoms with van der Waals surface area (Å²) in [5.74, 6) is 1.29. The van der Waals surface area contributed by atoms with Gasteiger partial charge < -0.3 is 15.4 Å². The van der Waals surface area contributed by atoms with E-state index in [-0.39, 0.29) is 18.1 Å². The molecule has 1 amide bonds. The number of carbonyl (C=O) groups is 1. The summed E-state index contributed by atoms with van der Waals surface area (Å²) in [6, 6.07) is 0.145. The molecule has 2 aliphatic rings. The van der Waals surface area contributed by atoms with Crippen LogP contribution in [-0.4, -0.2) is 37.7 Å². The number of ether oxygens (including phenoxy) is 1. The Kier molecular flexibility index (Phi) is 5.64. The molecule has 0 aromatic heterocycles. The lowest BCUT2D eigenvalue weighted by atomic mass is 9.85. The number of amides is 1. The van der Waals surface area contributed by atoms with Crippen molar-refractivity contribution in [1.29, 1.82) is 0 Å². The number of carbonyl (C=O) groups excluding carboxylic acids is 1. The van der Waals surface area contributed by atoms with Crippen LogP contribution < -0.4 is 10.6 Å². The maximum absolute atomic E-state index is 12.1. The molecule has 110 valence electrons. The number of hydrogen-bond donors (Lipinski definition) is 2. The van der Waals surface area contributed by atoms with E-state index in [0.29, 0.717) is 18.3 Å². The molecule has 4 heteroatoms. The smallest absolute Gasteiger partial charge is 0.220 e. The average Bonchev–Trinajstić information content (AvgIpc) is 2.93. The van der Waals surface area contributed by atoms with Crippen LogP contribution in [0.4, 0.5) is 0 Å². The van der Waals surface area contributed by atoms with Gasteiger partial charge in [0.05, 0.1) is 12.1 Å². The van der Waals surface area contributed by atoms with Crippen LogP contribution in [0.1, 0.15) is 46.0 Å². The monoisotopic (exact) mass is 268 g/mol. The Labute approximate surface area is 116 Å². The standard InChI is InChI=1S/C15H28N2O2/c1-11(13-5-3-7-16-10-13)9-15(18)17-12(2)14-6-4-8-19-14/h11-14,16H,3-10H2,1-2H3,(H,17,18). The molecule has 0 aromatic rings. The maximum atomic E-state index is 12.1. The SMILES string of the molecule is CC(CC(=O)NC(C)C1CCCO1)C1CCCNC1. The van der Waals surface area contributed by atoms with E-state index in [4.69, 9.17) is 4.74 Å². The molecule has 0 spiro atoms. The average molecular weight is 268 g/mol. The largest absolute Gasteiger partial charge is 0.376 e. The van der Waals surface area contributed by atoms with Crippen molar-refractivity contribution in [2.75, 3.05) is 19.7 Å². The highest BCUT2D eigenvalue weighted by Crippen LogP contribution is 2.22. The van der Waals surface area contributed by atoms with Crippen LogP contribution in [0, 0.1) is 11.8 Å². The fourth-order valence-corrected chi connectivity index (χ4v) is 3.23. The molecular formula is C15H28N2O2. The lowest BCUT2D eigenvalue weighted by Crippen LogP contribution is -2.42. The Bertz CT molecular complexity index is 284. The number of nitrogens with one attached hydrogen (secondary N) is 2. The van der Waals surface area contributed by atoms with Gasteiger partial charge in [-0.1, -0.05) is 6.92 Å². The van der Waals surface area contributed by atoms with Crippen LogP contribution in [0.25, 0.3) is 0 Å². The first-order valence-electron chi connectivity index (χ1n) is 7.78. The zero-order valence-corrected chi connectivity index (χ0v) is 12.3. The predicted molar refractivity (Wildman–Crippen MR) is 76.0 cm³/mol. The van der Waals surface area contributed by atoms with Crippen molar-refractivity contribution in [2.24, 2.45) is 11.8 Å². The molecule has 0 aliphatic carbocycles. The van der Waals surface area contributed by atoms with Crippen molar-refractivity contribution in [3.63, 3.8) is 0 Å². The summed E-state index contributed by atoms with van der Waals surface area (Å²) < 4.78 is 5.61. The van der Waals surface area contributed by atoms with Gasteiger partial charge in [0.25, 0.3) is 0 Å². The molecular weight excluding hydrogens is 240 g/mol. The number of rotatable bonds is 5. The normalized spacial score (nSPS) is 30.8. The van der Waals surface area contributed by atoms with E-state index >= 15 is 0 Å². The second-order valence-electron chi connectivity index (χ2n) is 6.20. The minimum Gasteiger partial charge on any atom is -0.376 e. The van der Waals surface area contributed by atoms with Gasteiger partial charge in [0, 0.05) is 13.0 Å². The first-order valence-corrected chi connectivity index (χ1v) is 7.78. The van der Waals surface area contributed by atoms with Crippen molar-refractivity contribution in [3.8, 4) is 0 Å². The first kappa shape index (κ1) is 14.8. The Morgan fingerprint density at radius 1 is 1.37 bits per heavy atom. The van der Waals surface area contributed by atoms with E-state index in [1.807, 2.05) is 0 Å². The summed E-state index contributed by atoms with van der Waals surface area (Å²) in [7, 11) is 0. The third-order valence-corrected chi connectivity index (χ3v) is 4.56. The molecule has 2 heterocycles. The summed E-state index contributed by atoms with van der Waals surface area (Å²) in [5, 5.41) is 6.53. The molecule has 0 radical (unpaired) electrons. The van der Waals surface area contributed by atoms with E-state index < -0.39 is 0 Å². The highest BCUT2D eigenvalue weighted by molar-refractivity contribution is 5.76. The van der Waals surface area contributed by atoms with Crippen molar-refractivity contribution < 1.29 is 9.53 Å². The highest BCUT2D eigenvalue weighted by atomic mass is 16.5. The summed E-state index contributed by atoms with van der Waals surface area (Å²) in [5.41, 5.74) is 0. The zero-order chi connectivity index (χ0) is 13.7. The van der Waals surface area contributed by atoms with Gasteiger partial charge in [0.15, 0.2) is 0 Å². The molecule has 4 atom stereocenters. The summed E-state index contributed by atoms with van der Waals surface area (Å²) in [4.78, 5) is 12.1. The van der Waals surface area contributed by atoms with E-state index in [0.717, 1.165) is 32.5 Å². The Balaban J connectivity index is 1.70. The highest BCUT2D eigenvalue weighted by Gasteiger charge is 2.26. The molecule has 2 aliphatic heterocycles. The first-order chi connectivity index (χ1) is 9.16. The predicted octanol–water partition coefficient (Wildman–Crippen LogP) is 1.70. The van der Waals surface area contributed by atoms with Crippen LogP contribution >= 0.6 is 0 Å². The number of piperidine rings is 1. The molecule has 2 saturated heterocycles. The van der Waals surface area contributed by atoms with E-state index in [1.54, 1.807) is 0 Å². The summed E-state index contributed by atoms with van der Waals surface area (Å²) >= 11 is 0. The van der Waals surface area contributed by atoms with Gasteiger partial charge in [0.2, 0.25) is 5.91 Å². The van der Waals surface area contributed by atoms with Crippen LogP contribution in [0.5, 0.6) is 0 Å². The topological polar surface area (TPSA) is 50.4 Å². The quantitative estimate of drug-likeness (QED) is 0.798. The van der Waals surface area contributed by atoms with Crippen LogP contribution in [-0.2, 0) is 9.53 Å². The molecule has 2 fully saturated rings. The Morgan fingerprint density at radius 3 is 2.84 bits per heavy atom. The van der Waals surface area contributed by atoms with Crippen molar-refractivity contribution in [2.45, 2.75) is 58.1 Å². The van der Waals surface area contributed by atoms with Gasteiger partial charge >= 0.3 is 0 Å². The zero-order valence-electron chi connectivity index (χ0n) is 12.3. The third-order valence-electron chi connectivity index (χ3n) is 4.56. The van der Waals surface area contributed by atoms with Gasteiger partial charge in [-0.25, -0.2) is 0 Å². The van der Waals surface area contributed by atoms with Crippen LogP contribution in [0.15, 0.2) is 0 Å². The summed E-state index contributed by atoms with van der Waals surface area (Å²) in [6.07, 6.45) is 5.55. The maximum Gasteiger partial charge on any atom is 0.220 e. The number of hydrogen-bond acceptors (Lipinski definition) is 3. The van der Waals surface area contributed by atoms with Gasteiger partial charge in [-0.2, -0.15) is 0 Å². The molecule has 4 unspecified atom stereocenters. The Hall–Kier alpha value is -0.610.